The minimum Gasteiger partial charge on any atom is -0.294 e. The van der Waals surface area contributed by atoms with Crippen molar-refractivity contribution in [2.45, 2.75) is 50.0 Å². The minimum absolute atomic E-state index is 0.446. The van der Waals surface area contributed by atoms with Gasteiger partial charge in [0.2, 0.25) is 0 Å². The third kappa shape index (κ3) is 1.29. The van der Waals surface area contributed by atoms with E-state index in [1.807, 2.05) is 0 Å². The van der Waals surface area contributed by atoms with Crippen molar-refractivity contribution >= 4 is 0 Å². The van der Waals surface area contributed by atoms with E-state index in [9.17, 15) is 0 Å². The molecule has 4 rings (SSSR count). The van der Waals surface area contributed by atoms with Crippen molar-refractivity contribution in [1.82, 2.24) is 4.90 Å². The average Bonchev–Trinajstić information content (AvgIpc) is 2.98. The first-order valence-corrected chi connectivity index (χ1v) is 7.25. The van der Waals surface area contributed by atoms with Crippen LogP contribution in [0.2, 0.25) is 0 Å². The molecule has 0 spiro atoms. The summed E-state index contributed by atoms with van der Waals surface area (Å²) in [5, 5.41) is 0. The molecule has 0 amide bonds. The molecule has 1 saturated carbocycles. The highest BCUT2D eigenvalue weighted by molar-refractivity contribution is 5.45. The number of piperidine rings is 1. The summed E-state index contributed by atoms with van der Waals surface area (Å²) in [5.74, 6) is 0.869. The summed E-state index contributed by atoms with van der Waals surface area (Å²) in [6.45, 7) is 2.67. The maximum Gasteiger partial charge on any atom is 0.0469 e. The summed E-state index contributed by atoms with van der Waals surface area (Å²) < 4.78 is 0. The van der Waals surface area contributed by atoms with Crippen LogP contribution in [0.4, 0.5) is 0 Å². The van der Waals surface area contributed by atoms with Crippen LogP contribution in [0.15, 0.2) is 24.3 Å². The highest BCUT2D eigenvalue weighted by Crippen LogP contribution is 2.58. The molecule has 2 fully saturated rings. The molecule has 1 aromatic carbocycles. The second-order valence-electron chi connectivity index (χ2n) is 6.11. The van der Waals surface area contributed by atoms with Gasteiger partial charge in [-0.1, -0.05) is 30.7 Å². The SMILES string of the molecule is c1ccc2c(c1)[C@H]1CC[C@@]2(N2CCCCC2)C1. The summed E-state index contributed by atoms with van der Waals surface area (Å²) in [5.41, 5.74) is 3.80. The Hall–Kier alpha value is -0.820. The Kier molecular flexibility index (Phi) is 2.14. The molecule has 2 aliphatic carbocycles. The summed E-state index contributed by atoms with van der Waals surface area (Å²) in [4.78, 5) is 2.82. The predicted molar refractivity (Wildman–Crippen MR) is 70.1 cm³/mol. The van der Waals surface area contributed by atoms with Gasteiger partial charge in [0.1, 0.15) is 0 Å². The van der Waals surface area contributed by atoms with Gasteiger partial charge >= 0.3 is 0 Å². The monoisotopic (exact) mass is 227 g/mol. The molecule has 17 heavy (non-hydrogen) atoms. The van der Waals surface area contributed by atoms with Gasteiger partial charge in [-0.25, -0.2) is 0 Å². The molecular formula is C16H21N. The van der Waals surface area contributed by atoms with Gasteiger partial charge in [0.25, 0.3) is 0 Å². The highest BCUT2D eigenvalue weighted by Gasteiger charge is 2.51. The van der Waals surface area contributed by atoms with Crippen LogP contribution in [0.5, 0.6) is 0 Å². The van der Waals surface area contributed by atoms with Crippen molar-refractivity contribution in [3.8, 4) is 0 Å². The Morgan fingerprint density at radius 2 is 1.88 bits per heavy atom. The number of fused-ring (bicyclic) bond motifs is 5. The Morgan fingerprint density at radius 1 is 1.06 bits per heavy atom. The Bertz CT molecular complexity index is 433. The van der Waals surface area contributed by atoms with E-state index in [4.69, 9.17) is 0 Å². The molecule has 1 aliphatic heterocycles. The predicted octanol–water partition coefficient (Wildman–Crippen LogP) is 3.65. The van der Waals surface area contributed by atoms with Crippen LogP contribution in [-0.2, 0) is 5.54 Å². The van der Waals surface area contributed by atoms with Crippen molar-refractivity contribution in [3.05, 3.63) is 35.4 Å². The molecule has 1 nitrogen and oxygen atoms in total. The van der Waals surface area contributed by atoms with Gasteiger partial charge in [-0.2, -0.15) is 0 Å². The summed E-state index contributed by atoms with van der Waals surface area (Å²) in [6, 6.07) is 9.25. The zero-order chi connectivity index (χ0) is 11.3. The van der Waals surface area contributed by atoms with E-state index in [0.717, 1.165) is 5.92 Å². The first-order chi connectivity index (χ1) is 8.40. The molecule has 2 bridgehead atoms. The fourth-order valence-corrected chi connectivity index (χ4v) is 4.59. The molecule has 1 aromatic rings. The molecule has 2 atom stereocenters. The standard InChI is InChI=1S/C16H21N/c1-4-10-17(11-5-1)16-9-8-13(12-16)14-6-2-3-7-15(14)16/h2-3,6-7,13H,1,4-5,8-12H2/t13-,16+/m0/s1. The number of hydrogen-bond donors (Lipinski definition) is 0. The van der Waals surface area contributed by atoms with Gasteiger partial charge in [-0.15, -0.1) is 0 Å². The maximum atomic E-state index is 2.82. The number of rotatable bonds is 1. The molecule has 1 saturated heterocycles. The number of benzene rings is 1. The molecule has 1 heteroatoms. The Morgan fingerprint density at radius 3 is 2.76 bits per heavy atom. The summed E-state index contributed by atoms with van der Waals surface area (Å²) >= 11 is 0. The lowest BCUT2D eigenvalue weighted by Crippen LogP contribution is -2.46. The van der Waals surface area contributed by atoms with Gasteiger partial charge in [-0.05, 0) is 62.2 Å². The summed E-state index contributed by atoms with van der Waals surface area (Å²) in [7, 11) is 0. The largest absolute Gasteiger partial charge is 0.294 e. The van der Waals surface area contributed by atoms with E-state index in [2.05, 4.69) is 29.2 Å². The smallest absolute Gasteiger partial charge is 0.0469 e. The lowest BCUT2D eigenvalue weighted by atomic mass is 9.84. The van der Waals surface area contributed by atoms with Gasteiger partial charge in [0.15, 0.2) is 0 Å². The zero-order valence-corrected chi connectivity index (χ0v) is 10.5. The second-order valence-corrected chi connectivity index (χ2v) is 6.11. The Labute approximate surface area is 104 Å². The lowest BCUT2D eigenvalue weighted by Gasteiger charge is -2.43. The normalized spacial score (nSPS) is 36.1. The minimum atomic E-state index is 0.446. The van der Waals surface area contributed by atoms with Crippen LogP contribution < -0.4 is 0 Å². The molecule has 3 aliphatic rings. The van der Waals surface area contributed by atoms with Crippen LogP contribution in [0.1, 0.15) is 55.6 Å². The third-order valence-electron chi connectivity index (χ3n) is 5.35. The number of nitrogens with zero attached hydrogens (tertiary/aromatic N) is 1. The third-order valence-corrected chi connectivity index (χ3v) is 5.35. The van der Waals surface area contributed by atoms with E-state index in [0.29, 0.717) is 5.54 Å². The fourth-order valence-electron chi connectivity index (χ4n) is 4.59. The molecule has 0 aromatic heterocycles. The first kappa shape index (κ1) is 10.1. The molecule has 1 heterocycles. The quantitative estimate of drug-likeness (QED) is 0.708. The van der Waals surface area contributed by atoms with Crippen molar-refractivity contribution in [2.75, 3.05) is 13.1 Å². The molecule has 0 N–H and O–H groups in total. The van der Waals surface area contributed by atoms with Crippen molar-refractivity contribution in [3.63, 3.8) is 0 Å². The fraction of sp³-hybridized carbons (Fsp3) is 0.625. The van der Waals surface area contributed by atoms with Gasteiger partial charge in [0, 0.05) is 5.54 Å². The molecular weight excluding hydrogens is 206 g/mol. The first-order valence-electron chi connectivity index (χ1n) is 7.25. The topological polar surface area (TPSA) is 3.24 Å². The van der Waals surface area contributed by atoms with Gasteiger partial charge in [0.05, 0.1) is 0 Å². The van der Waals surface area contributed by atoms with E-state index < -0.39 is 0 Å². The van der Waals surface area contributed by atoms with Crippen LogP contribution in [0.3, 0.4) is 0 Å². The maximum absolute atomic E-state index is 2.82. The number of likely N-dealkylation sites (tertiary alicyclic amines) is 1. The zero-order valence-electron chi connectivity index (χ0n) is 10.5. The van der Waals surface area contributed by atoms with E-state index in [-0.39, 0.29) is 0 Å². The molecule has 0 unspecified atom stereocenters. The van der Waals surface area contributed by atoms with Crippen LogP contribution in [-0.4, -0.2) is 18.0 Å². The average molecular weight is 227 g/mol. The van der Waals surface area contributed by atoms with Gasteiger partial charge in [-0.3, -0.25) is 4.90 Å². The summed E-state index contributed by atoms with van der Waals surface area (Å²) in [6.07, 6.45) is 8.51. The van der Waals surface area contributed by atoms with Crippen LogP contribution in [0.25, 0.3) is 0 Å². The highest BCUT2D eigenvalue weighted by atomic mass is 15.2. The van der Waals surface area contributed by atoms with Crippen molar-refractivity contribution in [1.29, 1.82) is 0 Å². The number of hydrogen-bond acceptors (Lipinski definition) is 1. The van der Waals surface area contributed by atoms with E-state index in [1.165, 1.54) is 51.6 Å². The van der Waals surface area contributed by atoms with Crippen LogP contribution in [0, 0.1) is 0 Å². The van der Waals surface area contributed by atoms with Crippen molar-refractivity contribution < 1.29 is 0 Å². The van der Waals surface area contributed by atoms with Gasteiger partial charge < -0.3 is 0 Å². The molecule has 0 radical (unpaired) electrons. The molecule has 90 valence electrons. The van der Waals surface area contributed by atoms with E-state index in [1.54, 1.807) is 11.1 Å². The van der Waals surface area contributed by atoms with E-state index >= 15 is 0 Å². The second kappa shape index (κ2) is 3.58. The lowest BCUT2D eigenvalue weighted by molar-refractivity contribution is 0.0725. The van der Waals surface area contributed by atoms with Crippen LogP contribution >= 0.6 is 0 Å². The Balaban J connectivity index is 1.78. The van der Waals surface area contributed by atoms with Crippen molar-refractivity contribution in [2.24, 2.45) is 0 Å².